The first-order chi connectivity index (χ1) is 17.8. The van der Waals surface area contributed by atoms with E-state index in [1.54, 1.807) is 18.9 Å². The summed E-state index contributed by atoms with van der Waals surface area (Å²) in [6.07, 6.45) is -0.477. The Hall–Kier alpha value is -3.02. The number of hydrogen-bond acceptors (Lipinski definition) is 6. The molecule has 0 aliphatic carbocycles. The van der Waals surface area contributed by atoms with Crippen LogP contribution in [0.25, 0.3) is 0 Å². The minimum atomic E-state index is -3.95. The Bertz CT molecular complexity index is 1250. The van der Waals surface area contributed by atoms with E-state index in [1.807, 2.05) is 20.8 Å². The smallest absolute Gasteiger partial charge is 0.317 e. The molecule has 0 saturated heterocycles. The molecule has 0 fully saturated rings. The van der Waals surface area contributed by atoms with Gasteiger partial charge in [-0.25, -0.2) is 13.2 Å². The molecule has 3 rings (SSSR count). The number of fused-ring (bicyclic) bond motifs is 1. The molecule has 3 amide bonds. The largest absolute Gasteiger partial charge is 0.487 e. The van der Waals surface area contributed by atoms with E-state index in [-0.39, 0.29) is 59.6 Å². The van der Waals surface area contributed by atoms with Crippen molar-refractivity contribution in [1.29, 1.82) is 0 Å². The summed E-state index contributed by atoms with van der Waals surface area (Å²) in [6, 6.07) is 9.41. The number of nitrogens with one attached hydrogen (secondary N) is 2. The van der Waals surface area contributed by atoms with E-state index in [4.69, 9.17) is 16.3 Å². The normalized spacial score (nSPS) is 18.6. The maximum atomic E-state index is 13.6. The molecular weight excluding hydrogens is 532 g/mol. The number of hydrogen-bond donors (Lipinski definition) is 3. The Labute approximate surface area is 229 Å². The second kappa shape index (κ2) is 12.2. The topological polar surface area (TPSA) is 128 Å². The fourth-order valence-corrected chi connectivity index (χ4v) is 5.22. The number of urea groups is 1. The van der Waals surface area contributed by atoms with Crippen LogP contribution in [-0.2, 0) is 10.0 Å². The summed E-state index contributed by atoms with van der Waals surface area (Å²) in [5.74, 6) is -0.322. The van der Waals surface area contributed by atoms with Gasteiger partial charge in [0, 0.05) is 36.3 Å². The molecule has 208 valence electrons. The van der Waals surface area contributed by atoms with Crippen LogP contribution in [0, 0.1) is 5.92 Å². The minimum absolute atomic E-state index is 0.0170. The number of carbonyl (C=O) groups is 2. The van der Waals surface area contributed by atoms with Crippen molar-refractivity contribution in [3.05, 3.63) is 53.1 Å². The van der Waals surface area contributed by atoms with Crippen molar-refractivity contribution in [2.45, 2.75) is 50.8 Å². The van der Waals surface area contributed by atoms with Gasteiger partial charge in [0.15, 0.2) is 0 Å². The third-order valence-electron chi connectivity index (χ3n) is 6.25. The van der Waals surface area contributed by atoms with Gasteiger partial charge in [0.05, 0.1) is 29.7 Å². The Morgan fingerprint density at radius 3 is 2.47 bits per heavy atom. The molecule has 0 radical (unpaired) electrons. The van der Waals surface area contributed by atoms with Crippen LogP contribution in [0.5, 0.6) is 5.75 Å². The van der Waals surface area contributed by atoms with E-state index in [0.717, 1.165) is 0 Å². The van der Waals surface area contributed by atoms with Crippen LogP contribution in [0.3, 0.4) is 0 Å². The molecule has 0 aromatic heterocycles. The number of aliphatic hydroxyl groups is 1. The summed E-state index contributed by atoms with van der Waals surface area (Å²) in [5.41, 5.74) is 0.318. The predicted molar refractivity (Wildman–Crippen MR) is 146 cm³/mol. The van der Waals surface area contributed by atoms with Crippen LogP contribution in [0.1, 0.15) is 38.1 Å². The molecule has 1 heterocycles. The third kappa shape index (κ3) is 7.09. The molecule has 2 aromatic rings. The number of carbonyl (C=O) groups excluding carboxylic acids is 2. The number of aliphatic hydroxyl groups excluding tert-OH is 1. The van der Waals surface area contributed by atoms with Gasteiger partial charge in [0.25, 0.3) is 15.9 Å². The first-order valence-electron chi connectivity index (χ1n) is 12.3. The summed E-state index contributed by atoms with van der Waals surface area (Å²) < 4.78 is 34.6. The van der Waals surface area contributed by atoms with Crippen LogP contribution in [0.2, 0.25) is 5.02 Å². The van der Waals surface area contributed by atoms with Gasteiger partial charge in [-0.2, -0.15) is 0 Å². The molecule has 1 aliphatic rings. The van der Waals surface area contributed by atoms with Gasteiger partial charge in [0.2, 0.25) is 0 Å². The van der Waals surface area contributed by atoms with Gasteiger partial charge >= 0.3 is 6.03 Å². The molecule has 0 spiro atoms. The van der Waals surface area contributed by atoms with Crippen molar-refractivity contribution in [3.8, 4) is 5.75 Å². The summed E-state index contributed by atoms with van der Waals surface area (Å²) in [5, 5.41) is 13.1. The highest BCUT2D eigenvalue weighted by Crippen LogP contribution is 2.31. The number of halogens is 1. The molecular formula is C26H35ClN4O6S. The van der Waals surface area contributed by atoms with Crippen molar-refractivity contribution >= 4 is 39.2 Å². The number of likely N-dealkylation sites (N-methyl/N-ethyl adjacent to an activating group) is 1. The van der Waals surface area contributed by atoms with E-state index >= 15 is 0 Å². The average Bonchev–Trinajstić information content (AvgIpc) is 2.85. The lowest BCUT2D eigenvalue weighted by atomic mass is 9.99. The standard InChI is InChI=1S/C26H35ClN4O6S/c1-16(2)28-26(34)30(5)14-24-17(3)13-31(18(4)15-32)25(33)22-12-20(8-11-23(22)37-24)29-38(35,36)21-9-6-19(27)7-10-21/h6-12,16-18,24,29,32H,13-15H2,1-5H3,(H,28,34)/t17-,18+,24+/m0/s1. The Morgan fingerprint density at radius 1 is 1.21 bits per heavy atom. The monoisotopic (exact) mass is 566 g/mol. The molecule has 3 atom stereocenters. The Balaban J connectivity index is 1.96. The second-order valence-electron chi connectivity index (χ2n) is 9.88. The minimum Gasteiger partial charge on any atom is -0.487 e. The molecule has 12 heteroatoms. The van der Waals surface area contributed by atoms with E-state index < -0.39 is 28.1 Å². The van der Waals surface area contributed by atoms with Crippen molar-refractivity contribution in [3.63, 3.8) is 0 Å². The molecule has 10 nitrogen and oxygen atoms in total. The van der Waals surface area contributed by atoms with Gasteiger partial charge in [-0.1, -0.05) is 18.5 Å². The lowest BCUT2D eigenvalue weighted by Crippen LogP contribution is -2.51. The van der Waals surface area contributed by atoms with Crippen LogP contribution < -0.4 is 14.8 Å². The number of ether oxygens (including phenoxy) is 1. The number of benzene rings is 2. The summed E-state index contributed by atoms with van der Waals surface area (Å²) in [7, 11) is -2.28. The fourth-order valence-electron chi connectivity index (χ4n) is 4.04. The van der Waals surface area contributed by atoms with Crippen molar-refractivity contribution < 1.29 is 27.9 Å². The number of anilines is 1. The first-order valence-corrected chi connectivity index (χ1v) is 14.2. The Morgan fingerprint density at radius 2 is 1.87 bits per heavy atom. The lowest BCUT2D eigenvalue weighted by Gasteiger charge is -2.38. The highest BCUT2D eigenvalue weighted by Gasteiger charge is 2.34. The molecule has 0 unspecified atom stereocenters. The molecule has 38 heavy (non-hydrogen) atoms. The van der Waals surface area contributed by atoms with Gasteiger partial charge in [0.1, 0.15) is 11.9 Å². The highest BCUT2D eigenvalue weighted by molar-refractivity contribution is 7.92. The maximum Gasteiger partial charge on any atom is 0.317 e. The lowest BCUT2D eigenvalue weighted by molar-refractivity contribution is 0.0366. The van der Waals surface area contributed by atoms with Gasteiger partial charge in [-0.3, -0.25) is 9.52 Å². The quantitative estimate of drug-likeness (QED) is 0.449. The SMILES string of the molecule is CC(C)NC(=O)N(C)C[C@H]1Oc2ccc(NS(=O)(=O)c3ccc(Cl)cc3)cc2C(=O)N([C@H](C)CO)C[C@@H]1C. The van der Waals surface area contributed by atoms with Crippen LogP contribution >= 0.6 is 11.6 Å². The highest BCUT2D eigenvalue weighted by atomic mass is 35.5. The van der Waals surface area contributed by atoms with E-state index in [1.165, 1.54) is 47.4 Å². The summed E-state index contributed by atoms with van der Waals surface area (Å²) >= 11 is 5.88. The van der Waals surface area contributed by atoms with Crippen LogP contribution in [0.4, 0.5) is 10.5 Å². The van der Waals surface area contributed by atoms with Gasteiger partial charge < -0.3 is 25.0 Å². The van der Waals surface area contributed by atoms with Crippen molar-refractivity contribution in [1.82, 2.24) is 15.1 Å². The van der Waals surface area contributed by atoms with E-state index in [9.17, 15) is 23.1 Å². The molecule has 0 bridgehead atoms. The number of amides is 3. The van der Waals surface area contributed by atoms with E-state index in [0.29, 0.717) is 5.02 Å². The Kier molecular flexibility index (Phi) is 9.50. The molecule has 2 aromatic carbocycles. The molecule has 3 N–H and O–H groups in total. The predicted octanol–water partition coefficient (Wildman–Crippen LogP) is 3.41. The zero-order valence-electron chi connectivity index (χ0n) is 22.1. The number of nitrogens with zero attached hydrogens (tertiary/aromatic N) is 2. The van der Waals surface area contributed by atoms with Gasteiger partial charge in [-0.15, -0.1) is 0 Å². The van der Waals surface area contributed by atoms with Crippen LogP contribution in [0.15, 0.2) is 47.4 Å². The molecule has 1 aliphatic heterocycles. The van der Waals surface area contributed by atoms with Gasteiger partial charge in [-0.05, 0) is 63.2 Å². The zero-order chi connectivity index (χ0) is 28.2. The summed E-state index contributed by atoms with van der Waals surface area (Å²) in [4.78, 5) is 29.2. The molecule has 0 saturated carbocycles. The number of sulfonamides is 1. The van der Waals surface area contributed by atoms with Crippen molar-refractivity contribution in [2.24, 2.45) is 5.92 Å². The third-order valence-corrected chi connectivity index (χ3v) is 7.90. The summed E-state index contributed by atoms with van der Waals surface area (Å²) in [6.45, 7) is 7.66. The zero-order valence-corrected chi connectivity index (χ0v) is 23.7. The first kappa shape index (κ1) is 29.5. The second-order valence-corrected chi connectivity index (χ2v) is 12.0. The van der Waals surface area contributed by atoms with Crippen LogP contribution in [-0.4, -0.2) is 80.2 Å². The fraction of sp³-hybridized carbons (Fsp3) is 0.462. The average molecular weight is 567 g/mol. The van der Waals surface area contributed by atoms with Crippen molar-refractivity contribution in [2.75, 3.05) is 31.5 Å². The maximum absolute atomic E-state index is 13.6. The van der Waals surface area contributed by atoms with E-state index in [2.05, 4.69) is 10.0 Å². The number of rotatable bonds is 8.